The van der Waals surface area contributed by atoms with Crippen LogP contribution in [0.2, 0.25) is 0 Å². The summed E-state index contributed by atoms with van der Waals surface area (Å²) in [5.41, 5.74) is 2.88. The fraction of sp³-hybridized carbons (Fsp3) is 0.480. The Morgan fingerprint density at radius 2 is 1.24 bits per heavy atom. The molecule has 0 aliphatic carbocycles. The maximum Gasteiger partial charge on any atom is 0.119 e. The highest BCUT2D eigenvalue weighted by Gasteiger charge is 2.04. The Hall–Kier alpha value is -2.35. The lowest BCUT2D eigenvalue weighted by Crippen LogP contribution is -2.10. The second kappa shape index (κ2) is 13.8. The minimum absolute atomic E-state index is 0.0605. The van der Waals surface area contributed by atoms with Crippen LogP contribution >= 0.6 is 0 Å². The monoisotopic (exact) mass is 395 g/mol. The van der Waals surface area contributed by atoms with Crippen molar-refractivity contribution < 1.29 is 14.9 Å². The van der Waals surface area contributed by atoms with Crippen LogP contribution in [0.4, 0.5) is 0 Å². The lowest BCUT2D eigenvalue weighted by atomic mass is 10.0. The van der Waals surface area contributed by atoms with Crippen LogP contribution in [0.1, 0.15) is 56.9 Å². The Balaban J connectivity index is 1.54. The van der Waals surface area contributed by atoms with E-state index >= 15 is 0 Å². The van der Waals surface area contributed by atoms with Gasteiger partial charge in [0.15, 0.2) is 0 Å². The number of hydrogen-bond donors (Lipinski definition) is 2. The van der Waals surface area contributed by atoms with Gasteiger partial charge in [-0.2, -0.15) is 5.26 Å². The van der Waals surface area contributed by atoms with Crippen LogP contribution in [0.3, 0.4) is 0 Å². The molecule has 0 aliphatic heterocycles. The zero-order valence-corrected chi connectivity index (χ0v) is 17.2. The number of unbranched alkanes of at least 4 members (excludes halogenated alkanes) is 6. The summed E-state index contributed by atoms with van der Waals surface area (Å²) in [6, 6.07) is 17.8. The summed E-state index contributed by atoms with van der Waals surface area (Å²) in [6.45, 7) is 0.925. The number of ether oxygens (including phenoxy) is 1. The fourth-order valence-corrected chi connectivity index (χ4v) is 3.33. The minimum atomic E-state index is 0.0605. The third-order valence-corrected chi connectivity index (χ3v) is 5.24. The zero-order chi connectivity index (χ0) is 20.7. The maximum absolute atomic E-state index is 9.03. The molecule has 0 bridgehead atoms. The second-order valence-electron chi connectivity index (χ2n) is 7.56. The van der Waals surface area contributed by atoms with Gasteiger partial charge in [0.2, 0.25) is 0 Å². The van der Waals surface area contributed by atoms with Crippen molar-refractivity contribution in [2.24, 2.45) is 5.92 Å². The molecule has 0 aromatic heterocycles. The van der Waals surface area contributed by atoms with Gasteiger partial charge in [0.1, 0.15) is 5.75 Å². The van der Waals surface area contributed by atoms with Gasteiger partial charge in [-0.3, -0.25) is 0 Å². The first-order valence-corrected chi connectivity index (χ1v) is 10.7. The standard InChI is InChI=1S/C25H33NO3/c26-18-21-9-11-23(12-10-21)24-13-15-25(16-14-24)29-17-7-5-3-1-2-4-6-8-22(19-27)20-28/h9-16,22,27-28H,1-8,17,19-20H2. The summed E-state index contributed by atoms with van der Waals surface area (Å²) in [6.07, 6.45) is 9.12. The van der Waals surface area contributed by atoms with Gasteiger partial charge in [0, 0.05) is 19.1 Å². The summed E-state index contributed by atoms with van der Waals surface area (Å²) in [4.78, 5) is 0. The number of benzene rings is 2. The van der Waals surface area contributed by atoms with Crippen molar-refractivity contribution in [3.8, 4) is 22.9 Å². The van der Waals surface area contributed by atoms with Crippen LogP contribution in [-0.2, 0) is 0 Å². The summed E-state index contributed by atoms with van der Waals surface area (Å²) in [7, 11) is 0. The topological polar surface area (TPSA) is 73.5 Å². The van der Waals surface area contributed by atoms with Crippen molar-refractivity contribution in [1.29, 1.82) is 5.26 Å². The van der Waals surface area contributed by atoms with Crippen LogP contribution in [-0.4, -0.2) is 30.0 Å². The van der Waals surface area contributed by atoms with Gasteiger partial charge in [-0.05, 0) is 48.2 Å². The van der Waals surface area contributed by atoms with Crippen LogP contribution in [0.25, 0.3) is 11.1 Å². The first-order valence-electron chi connectivity index (χ1n) is 10.7. The van der Waals surface area contributed by atoms with Crippen LogP contribution < -0.4 is 4.74 Å². The second-order valence-corrected chi connectivity index (χ2v) is 7.56. The number of aliphatic hydroxyl groups excluding tert-OH is 2. The Bertz CT molecular complexity index is 715. The summed E-state index contributed by atoms with van der Waals surface area (Å²) < 4.78 is 5.84. The van der Waals surface area contributed by atoms with E-state index in [1.165, 1.54) is 32.1 Å². The smallest absolute Gasteiger partial charge is 0.119 e. The first-order chi connectivity index (χ1) is 14.3. The number of hydrogen-bond acceptors (Lipinski definition) is 4. The molecule has 0 unspecified atom stereocenters. The van der Waals surface area contributed by atoms with Crippen molar-refractivity contribution >= 4 is 0 Å². The van der Waals surface area contributed by atoms with E-state index in [-0.39, 0.29) is 19.1 Å². The van der Waals surface area contributed by atoms with Crippen molar-refractivity contribution in [2.45, 2.75) is 51.4 Å². The Labute approximate surface area is 174 Å². The molecule has 2 aromatic carbocycles. The number of aliphatic hydroxyl groups is 2. The fourth-order valence-electron chi connectivity index (χ4n) is 3.33. The van der Waals surface area contributed by atoms with Crippen LogP contribution in [0.5, 0.6) is 5.75 Å². The molecule has 0 heterocycles. The average molecular weight is 396 g/mol. The van der Waals surface area contributed by atoms with E-state index in [0.717, 1.165) is 42.7 Å². The molecule has 4 heteroatoms. The van der Waals surface area contributed by atoms with Gasteiger partial charge < -0.3 is 14.9 Å². The zero-order valence-electron chi connectivity index (χ0n) is 17.2. The molecular weight excluding hydrogens is 362 g/mol. The molecule has 0 atom stereocenters. The van der Waals surface area contributed by atoms with Crippen molar-refractivity contribution in [1.82, 2.24) is 0 Å². The molecule has 0 saturated heterocycles. The van der Waals surface area contributed by atoms with E-state index in [4.69, 9.17) is 20.2 Å². The molecule has 0 saturated carbocycles. The quantitative estimate of drug-likeness (QED) is 0.424. The molecule has 2 rings (SSSR count). The van der Waals surface area contributed by atoms with Crippen LogP contribution in [0, 0.1) is 17.2 Å². The van der Waals surface area contributed by atoms with E-state index in [2.05, 4.69) is 18.2 Å². The lowest BCUT2D eigenvalue weighted by Gasteiger charge is -2.10. The largest absolute Gasteiger partial charge is 0.494 e. The van der Waals surface area contributed by atoms with E-state index < -0.39 is 0 Å². The third-order valence-electron chi connectivity index (χ3n) is 5.24. The van der Waals surface area contributed by atoms with Gasteiger partial charge in [-0.15, -0.1) is 0 Å². The Morgan fingerprint density at radius 3 is 1.79 bits per heavy atom. The van der Waals surface area contributed by atoms with E-state index in [9.17, 15) is 0 Å². The molecular formula is C25H33NO3. The molecule has 0 fully saturated rings. The summed E-state index contributed by atoms with van der Waals surface area (Å²) in [5.74, 6) is 0.954. The van der Waals surface area contributed by atoms with Gasteiger partial charge >= 0.3 is 0 Å². The maximum atomic E-state index is 9.03. The third kappa shape index (κ3) is 8.68. The highest BCUT2D eigenvalue weighted by Crippen LogP contribution is 2.23. The predicted molar refractivity (Wildman–Crippen MR) is 117 cm³/mol. The average Bonchev–Trinajstić information content (AvgIpc) is 2.78. The molecule has 0 amide bonds. The highest BCUT2D eigenvalue weighted by molar-refractivity contribution is 5.64. The van der Waals surface area contributed by atoms with Gasteiger partial charge in [-0.1, -0.05) is 62.8 Å². The molecule has 2 N–H and O–H groups in total. The predicted octanol–water partition coefficient (Wildman–Crippen LogP) is 5.33. The molecule has 156 valence electrons. The summed E-state index contributed by atoms with van der Waals surface area (Å²) >= 11 is 0. The highest BCUT2D eigenvalue weighted by atomic mass is 16.5. The normalized spacial score (nSPS) is 10.8. The molecule has 0 aliphatic rings. The molecule has 0 radical (unpaired) electrons. The molecule has 4 nitrogen and oxygen atoms in total. The van der Waals surface area contributed by atoms with Crippen molar-refractivity contribution in [3.05, 3.63) is 54.1 Å². The first kappa shape index (κ1) is 22.9. The van der Waals surface area contributed by atoms with Crippen molar-refractivity contribution in [2.75, 3.05) is 19.8 Å². The van der Waals surface area contributed by atoms with E-state index in [1.807, 2.05) is 36.4 Å². The van der Waals surface area contributed by atoms with Crippen molar-refractivity contribution in [3.63, 3.8) is 0 Å². The van der Waals surface area contributed by atoms with Gasteiger partial charge in [0.25, 0.3) is 0 Å². The SMILES string of the molecule is N#Cc1ccc(-c2ccc(OCCCCCCCCCC(CO)CO)cc2)cc1. The summed E-state index contributed by atoms with van der Waals surface area (Å²) in [5, 5.41) is 26.9. The molecule has 29 heavy (non-hydrogen) atoms. The minimum Gasteiger partial charge on any atom is -0.494 e. The number of rotatable bonds is 14. The van der Waals surface area contributed by atoms with Gasteiger partial charge in [-0.25, -0.2) is 0 Å². The molecule has 2 aromatic rings. The Kier molecular flexibility index (Phi) is 10.9. The van der Waals surface area contributed by atoms with E-state index in [0.29, 0.717) is 5.56 Å². The lowest BCUT2D eigenvalue weighted by molar-refractivity contribution is 0.141. The van der Waals surface area contributed by atoms with E-state index in [1.54, 1.807) is 0 Å². The van der Waals surface area contributed by atoms with Crippen LogP contribution in [0.15, 0.2) is 48.5 Å². The molecule has 0 spiro atoms. The van der Waals surface area contributed by atoms with Gasteiger partial charge in [0.05, 0.1) is 18.2 Å². The Morgan fingerprint density at radius 1 is 0.724 bits per heavy atom. The number of nitriles is 1. The number of nitrogens with zero attached hydrogens (tertiary/aromatic N) is 1.